The van der Waals surface area contributed by atoms with Gasteiger partial charge in [0.25, 0.3) is 0 Å². The lowest BCUT2D eigenvalue weighted by Gasteiger charge is -2.29. The van der Waals surface area contributed by atoms with E-state index in [1.807, 2.05) is 12.1 Å². The van der Waals surface area contributed by atoms with Crippen molar-refractivity contribution < 1.29 is 33.0 Å². The van der Waals surface area contributed by atoms with Gasteiger partial charge >= 0.3 is 5.97 Å². The summed E-state index contributed by atoms with van der Waals surface area (Å²) in [7, 11) is 0. The number of carboxylic acids is 1. The third-order valence-electron chi connectivity index (χ3n) is 7.47. The third kappa shape index (κ3) is 6.44. The van der Waals surface area contributed by atoms with Crippen molar-refractivity contribution in [3.63, 3.8) is 0 Å². The summed E-state index contributed by atoms with van der Waals surface area (Å²) in [6, 6.07) is 12.2. The number of anilines is 1. The summed E-state index contributed by atoms with van der Waals surface area (Å²) in [6.07, 6.45) is 1.64. The fourth-order valence-corrected chi connectivity index (χ4v) is 5.46. The SMILES string of the molecule is CC(=O)Nc1cccc(-c2nc3ccc(CC(=O)N4CC(F)CC4COC4CCC(C(=O)O)CC4)cc3o2)c1. The lowest BCUT2D eigenvalue weighted by atomic mass is 9.87. The van der Waals surface area contributed by atoms with Gasteiger partial charge in [-0.15, -0.1) is 0 Å². The smallest absolute Gasteiger partial charge is 0.306 e. The number of nitrogens with one attached hydrogen (secondary N) is 1. The number of aromatic nitrogens is 1. The van der Waals surface area contributed by atoms with Crippen LogP contribution in [-0.4, -0.2) is 64.2 Å². The van der Waals surface area contributed by atoms with Gasteiger partial charge in [0.2, 0.25) is 17.7 Å². The van der Waals surface area contributed by atoms with Crippen molar-refractivity contribution in [2.45, 2.75) is 63.8 Å². The Morgan fingerprint density at radius 2 is 1.95 bits per heavy atom. The zero-order valence-electron chi connectivity index (χ0n) is 21.8. The number of fused-ring (bicyclic) bond motifs is 1. The van der Waals surface area contributed by atoms with Crippen LogP contribution in [0.25, 0.3) is 22.6 Å². The van der Waals surface area contributed by atoms with Crippen molar-refractivity contribution in [2.24, 2.45) is 5.92 Å². The van der Waals surface area contributed by atoms with Gasteiger partial charge in [-0.3, -0.25) is 14.4 Å². The third-order valence-corrected chi connectivity index (χ3v) is 7.47. The van der Waals surface area contributed by atoms with E-state index in [4.69, 9.17) is 9.15 Å². The van der Waals surface area contributed by atoms with Gasteiger partial charge in [0.15, 0.2) is 5.58 Å². The Morgan fingerprint density at radius 1 is 1.15 bits per heavy atom. The van der Waals surface area contributed by atoms with Crippen molar-refractivity contribution in [1.29, 1.82) is 0 Å². The van der Waals surface area contributed by atoms with Crippen LogP contribution in [0, 0.1) is 5.92 Å². The number of ether oxygens (including phenoxy) is 1. The number of halogens is 1. The molecule has 3 aromatic rings. The van der Waals surface area contributed by atoms with Gasteiger partial charge in [-0.2, -0.15) is 0 Å². The van der Waals surface area contributed by atoms with Crippen LogP contribution in [0.3, 0.4) is 0 Å². The molecule has 2 aromatic carbocycles. The van der Waals surface area contributed by atoms with Crippen molar-refractivity contribution >= 4 is 34.6 Å². The highest BCUT2D eigenvalue weighted by molar-refractivity contribution is 5.89. The van der Waals surface area contributed by atoms with E-state index in [1.54, 1.807) is 35.2 Å². The summed E-state index contributed by atoms with van der Waals surface area (Å²) in [5.41, 5.74) is 3.25. The molecule has 2 aliphatic rings. The Morgan fingerprint density at radius 3 is 2.69 bits per heavy atom. The van der Waals surface area contributed by atoms with E-state index in [-0.39, 0.29) is 55.9 Å². The number of amides is 2. The number of likely N-dealkylation sites (tertiary alicyclic amines) is 1. The molecule has 2 fully saturated rings. The molecular weight excluding hydrogens is 505 g/mol. The second-order valence-electron chi connectivity index (χ2n) is 10.4. The largest absolute Gasteiger partial charge is 0.481 e. The van der Waals surface area contributed by atoms with Crippen LogP contribution in [0.4, 0.5) is 10.1 Å². The molecule has 0 bridgehead atoms. The average molecular weight is 538 g/mol. The molecule has 2 unspecified atom stereocenters. The van der Waals surface area contributed by atoms with Crippen molar-refractivity contribution in [3.8, 4) is 11.5 Å². The second-order valence-corrected chi connectivity index (χ2v) is 10.4. The average Bonchev–Trinajstić information content (AvgIpc) is 3.50. The monoisotopic (exact) mass is 537 g/mol. The first kappa shape index (κ1) is 26.8. The fraction of sp³-hybridized carbons (Fsp3) is 0.448. The standard InChI is InChI=1S/C29H32FN3O6/c1-17(34)31-22-4-2-3-20(13-22)28-32-25-10-5-18(11-26(25)39-28)12-27(35)33-15-21(30)14-23(33)16-38-24-8-6-19(7-9-24)29(36)37/h2-5,10-11,13,19,21,23-24H,6-9,12,14-16H2,1H3,(H,31,34)(H,36,37). The Bertz CT molecular complexity index is 1370. The van der Waals surface area contributed by atoms with Gasteiger partial charge < -0.3 is 24.5 Å². The summed E-state index contributed by atoms with van der Waals surface area (Å²) >= 11 is 0. The molecule has 1 aliphatic carbocycles. The van der Waals surface area contributed by atoms with Gasteiger partial charge in [0.1, 0.15) is 11.7 Å². The summed E-state index contributed by atoms with van der Waals surface area (Å²) in [4.78, 5) is 41.8. The molecule has 0 radical (unpaired) electrons. The molecule has 206 valence electrons. The summed E-state index contributed by atoms with van der Waals surface area (Å²) in [5.74, 6) is -1.04. The van der Waals surface area contributed by atoms with E-state index in [9.17, 15) is 23.9 Å². The van der Waals surface area contributed by atoms with Crippen LogP contribution in [-0.2, 0) is 25.5 Å². The van der Waals surface area contributed by atoms with Gasteiger partial charge in [0.05, 0.1) is 37.6 Å². The molecule has 39 heavy (non-hydrogen) atoms. The Balaban J connectivity index is 1.22. The summed E-state index contributed by atoms with van der Waals surface area (Å²) in [5, 5.41) is 11.9. The maximum absolute atomic E-state index is 14.3. The minimum atomic E-state index is -1.10. The maximum atomic E-state index is 14.3. The zero-order valence-corrected chi connectivity index (χ0v) is 21.8. The van der Waals surface area contributed by atoms with Crippen molar-refractivity contribution in [2.75, 3.05) is 18.5 Å². The number of benzene rings is 2. The Kier molecular flexibility index (Phi) is 7.92. The molecule has 2 atom stereocenters. The molecule has 1 aliphatic heterocycles. The molecule has 2 N–H and O–H groups in total. The minimum absolute atomic E-state index is 0.0396. The van der Waals surface area contributed by atoms with E-state index in [1.165, 1.54) is 6.92 Å². The number of rotatable bonds is 8. The van der Waals surface area contributed by atoms with E-state index in [2.05, 4.69) is 10.3 Å². The molecular formula is C29H32FN3O6. The van der Waals surface area contributed by atoms with Crippen molar-refractivity contribution in [1.82, 2.24) is 9.88 Å². The van der Waals surface area contributed by atoms with Crippen molar-refractivity contribution in [3.05, 3.63) is 48.0 Å². The van der Waals surface area contributed by atoms with E-state index in [0.717, 1.165) is 5.56 Å². The fourth-order valence-electron chi connectivity index (χ4n) is 5.46. The molecule has 2 heterocycles. The van der Waals surface area contributed by atoms with Gasteiger partial charge in [0, 0.05) is 24.6 Å². The first-order chi connectivity index (χ1) is 18.7. The number of hydrogen-bond donors (Lipinski definition) is 2. The number of nitrogens with zero attached hydrogens (tertiary/aromatic N) is 2. The summed E-state index contributed by atoms with van der Waals surface area (Å²) < 4.78 is 26.3. The Labute approximate surface area is 225 Å². The highest BCUT2D eigenvalue weighted by atomic mass is 19.1. The molecule has 0 spiro atoms. The van der Waals surface area contributed by atoms with Crippen LogP contribution in [0.15, 0.2) is 46.9 Å². The zero-order chi connectivity index (χ0) is 27.5. The van der Waals surface area contributed by atoms with Crippen LogP contribution in [0.1, 0.15) is 44.6 Å². The molecule has 5 rings (SSSR count). The number of aliphatic carboxylic acids is 1. The Hall–Kier alpha value is -3.79. The number of carbonyl (C=O) groups excluding carboxylic acids is 2. The molecule has 2 amide bonds. The molecule has 1 aromatic heterocycles. The molecule has 1 saturated heterocycles. The second kappa shape index (κ2) is 11.5. The van der Waals surface area contributed by atoms with Crippen LogP contribution >= 0.6 is 0 Å². The normalized spacial score (nSPS) is 23.2. The highest BCUT2D eigenvalue weighted by Gasteiger charge is 2.36. The lowest BCUT2D eigenvalue weighted by molar-refractivity contribution is -0.144. The predicted molar refractivity (Wildman–Crippen MR) is 142 cm³/mol. The summed E-state index contributed by atoms with van der Waals surface area (Å²) in [6.45, 7) is 1.73. The van der Waals surface area contributed by atoms with Gasteiger partial charge in [-0.1, -0.05) is 12.1 Å². The topological polar surface area (TPSA) is 122 Å². The van der Waals surface area contributed by atoms with Crippen LogP contribution in [0.2, 0.25) is 0 Å². The number of oxazole rings is 1. The first-order valence-corrected chi connectivity index (χ1v) is 13.3. The number of carboxylic acid groups (broad SMARTS) is 1. The number of carbonyl (C=O) groups is 3. The maximum Gasteiger partial charge on any atom is 0.306 e. The quantitative estimate of drug-likeness (QED) is 0.431. The van der Waals surface area contributed by atoms with Crippen LogP contribution < -0.4 is 5.32 Å². The highest BCUT2D eigenvalue weighted by Crippen LogP contribution is 2.30. The van der Waals surface area contributed by atoms with E-state index >= 15 is 0 Å². The van der Waals surface area contributed by atoms with E-state index < -0.39 is 12.1 Å². The van der Waals surface area contributed by atoms with Gasteiger partial charge in [-0.25, -0.2) is 9.37 Å². The number of alkyl halides is 1. The molecule has 10 heteroatoms. The molecule has 9 nitrogen and oxygen atoms in total. The first-order valence-electron chi connectivity index (χ1n) is 13.3. The predicted octanol–water partition coefficient (Wildman–Crippen LogP) is 4.59. The van der Waals surface area contributed by atoms with Crippen LogP contribution in [0.5, 0.6) is 0 Å². The molecule has 1 saturated carbocycles. The van der Waals surface area contributed by atoms with Gasteiger partial charge in [-0.05, 0) is 61.6 Å². The van der Waals surface area contributed by atoms with E-state index in [0.29, 0.717) is 53.9 Å². The minimum Gasteiger partial charge on any atom is -0.481 e. The lowest BCUT2D eigenvalue weighted by Crippen LogP contribution is -2.40. The number of hydrogen-bond acceptors (Lipinski definition) is 6.